The van der Waals surface area contributed by atoms with Crippen LogP contribution < -0.4 is 0 Å². The van der Waals surface area contributed by atoms with Crippen LogP contribution in [0.25, 0.3) is 0 Å². The fraction of sp³-hybridized carbons (Fsp3) is 0.625. The fourth-order valence-corrected chi connectivity index (χ4v) is 2.93. The minimum Gasteiger partial charge on any atom is -0.176 e. The summed E-state index contributed by atoms with van der Waals surface area (Å²) in [6.07, 6.45) is 2.41. The van der Waals surface area contributed by atoms with Gasteiger partial charge in [0.25, 0.3) is 0 Å². The van der Waals surface area contributed by atoms with Gasteiger partial charge in [0, 0.05) is 5.25 Å². The van der Waals surface area contributed by atoms with Crippen molar-refractivity contribution >= 4 is 12.6 Å². The summed E-state index contributed by atoms with van der Waals surface area (Å²) >= 11 is 4.79. The third-order valence-electron chi connectivity index (χ3n) is 3.62. The van der Waals surface area contributed by atoms with Crippen molar-refractivity contribution in [1.29, 1.82) is 0 Å². The van der Waals surface area contributed by atoms with Crippen molar-refractivity contribution in [2.24, 2.45) is 11.8 Å². The molecule has 1 aromatic carbocycles. The molecule has 0 spiro atoms. The fourth-order valence-electron chi connectivity index (χ4n) is 2.55. The van der Waals surface area contributed by atoms with Gasteiger partial charge in [0.15, 0.2) is 0 Å². The summed E-state index contributed by atoms with van der Waals surface area (Å²) in [4.78, 5) is 0. The molecule has 96 valence electrons. The average Bonchev–Trinajstić information content (AvgIpc) is 2.35. The first-order chi connectivity index (χ1) is 8.06. The Morgan fingerprint density at radius 1 is 1.06 bits per heavy atom. The van der Waals surface area contributed by atoms with Gasteiger partial charge in [-0.25, -0.2) is 0 Å². The quantitative estimate of drug-likeness (QED) is 0.662. The Hall–Kier alpha value is -0.430. The summed E-state index contributed by atoms with van der Waals surface area (Å²) in [5.74, 6) is 2.01. The lowest BCUT2D eigenvalue weighted by atomic mass is 9.79. The number of benzene rings is 1. The Labute approximate surface area is 112 Å². The van der Waals surface area contributed by atoms with Gasteiger partial charge in [0.05, 0.1) is 0 Å². The van der Waals surface area contributed by atoms with E-state index in [4.69, 9.17) is 12.6 Å². The predicted octanol–water partition coefficient (Wildman–Crippen LogP) is 5.16. The molecule has 0 aliphatic carbocycles. The van der Waals surface area contributed by atoms with E-state index < -0.39 is 0 Å². The standard InChI is InChI=1S/C16H26S/c1-5-16(17)15(11-12(2)3)13(4)14-9-7-6-8-10-14/h6-10,12-13,15-17H,5,11H2,1-4H3. The molecule has 0 aliphatic heterocycles. The van der Waals surface area contributed by atoms with Gasteiger partial charge in [-0.1, -0.05) is 58.0 Å². The molecule has 0 saturated heterocycles. The highest BCUT2D eigenvalue weighted by Crippen LogP contribution is 2.35. The van der Waals surface area contributed by atoms with E-state index in [1.54, 1.807) is 0 Å². The number of hydrogen-bond donors (Lipinski definition) is 1. The third-order valence-corrected chi connectivity index (χ3v) is 4.37. The van der Waals surface area contributed by atoms with E-state index in [9.17, 15) is 0 Å². The van der Waals surface area contributed by atoms with E-state index >= 15 is 0 Å². The third kappa shape index (κ3) is 4.39. The molecule has 0 N–H and O–H groups in total. The normalized spacial score (nSPS) is 16.8. The van der Waals surface area contributed by atoms with Crippen LogP contribution in [-0.2, 0) is 0 Å². The SMILES string of the molecule is CCC(S)C(CC(C)C)C(C)c1ccccc1. The Morgan fingerprint density at radius 3 is 2.12 bits per heavy atom. The highest BCUT2D eigenvalue weighted by Gasteiger charge is 2.25. The van der Waals surface area contributed by atoms with Crippen molar-refractivity contribution in [2.45, 2.75) is 51.7 Å². The summed E-state index contributed by atoms with van der Waals surface area (Å²) in [5.41, 5.74) is 1.45. The molecule has 1 rings (SSSR count). The molecular formula is C16H26S. The Kier molecular flexibility index (Phi) is 6.11. The van der Waals surface area contributed by atoms with Crippen molar-refractivity contribution in [3.63, 3.8) is 0 Å². The average molecular weight is 250 g/mol. The van der Waals surface area contributed by atoms with E-state index in [2.05, 4.69) is 58.0 Å². The lowest BCUT2D eigenvalue weighted by Crippen LogP contribution is -2.22. The smallest absolute Gasteiger partial charge is 0.00482 e. The van der Waals surface area contributed by atoms with Crippen LogP contribution in [0, 0.1) is 11.8 Å². The number of hydrogen-bond acceptors (Lipinski definition) is 1. The van der Waals surface area contributed by atoms with Crippen LogP contribution in [0.3, 0.4) is 0 Å². The monoisotopic (exact) mass is 250 g/mol. The molecule has 3 unspecified atom stereocenters. The van der Waals surface area contributed by atoms with Crippen molar-refractivity contribution in [2.75, 3.05) is 0 Å². The molecule has 0 fully saturated rings. The van der Waals surface area contributed by atoms with E-state index in [-0.39, 0.29) is 0 Å². The maximum atomic E-state index is 4.79. The van der Waals surface area contributed by atoms with Gasteiger partial charge in [-0.15, -0.1) is 0 Å². The summed E-state index contributed by atoms with van der Waals surface area (Å²) in [6.45, 7) is 9.20. The zero-order valence-corrected chi connectivity index (χ0v) is 12.5. The summed E-state index contributed by atoms with van der Waals surface area (Å²) in [7, 11) is 0. The molecule has 3 atom stereocenters. The minimum absolute atomic E-state index is 0.507. The van der Waals surface area contributed by atoms with E-state index in [0.29, 0.717) is 17.1 Å². The Balaban J connectivity index is 2.82. The molecule has 0 nitrogen and oxygen atoms in total. The minimum atomic E-state index is 0.507. The van der Waals surface area contributed by atoms with Gasteiger partial charge in [-0.05, 0) is 36.2 Å². The molecule has 0 bridgehead atoms. The lowest BCUT2D eigenvalue weighted by Gasteiger charge is -2.30. The van der Waals surface area contributed by atoms with Crippen molar-refractivity contribution in [3.8, 4) is 0 Å². The first-order valence-corrected chi connectivity index (χ1v) is 7.30. The van der Waals surface area contributed by atoms with Gasteiger partial charge in [-0.3, -0.25) is 0 Å². The zero-order valence-electron chi connectivity index (χ0n) is 11.6. The second-order valence-electron chi connectivity index (χ2n) is 5.47. The van der Waals surface area contributed by atoms with Crippen LogP contribution in [0.1, 0.15) is 52.0 Å². The molecule has 1 heteroatoms. The van der Waals surface area contributed by atoms with Crippen LogP contribution in [0.2, 0.25) is 0 Å². The Morgan fingerprint density at radius 2 is 1.65 bits per heavy atom. The van der Waals surface area contributed by atoms with Crippen molar-refractivity contribution < 1.29 is 0 Å². The van der Waals surface area contributed by atoms with Gasteiger partial charge >= 0.3 is 0 Å². The van der Waals surface area contributed by atoms with Gasteiger partial charge in [0.1, 0.15) is 0 Å². The highest BCUT2D eigenvalue weighted by molar-refractivity contribution is 7.81. The first kappa shape index (κ1) is 14.6. The van der Waals surface area contributed by atoms with Crippen LogP contribution in [-0.4, -0.2) is 5.25 Å². The van der Waals surface area contributed by atoms with E-state index in [1.807, 2.05) is 0 Å². The molecule has 0 saturated carbocycles. The molecular weight excluding hydrogens is 224 g/mol. The van der Waals surface area contributed by atoms with E-state index in [0.717, 1.165) is 12.3 Å². The second kappa shape index (κ2) is 7.10. The maximum Gasteiger partial charge on any atom is 0.00482 e. The maximum absolute atomic E-state index is 4.79. The van der Waals surface area contributed by atoms with Crippen LogP contribution >= 0.6 is 12.6 Å². The van der Waals surface area contributed by atoms with E-state index in [1.165, 1.54) is 12.0 Å². The number of rotatable bonds is 6. The predicted molar refractivity (Wildman–Crippen MR) is 80.9 cm³/mol. The molecule has 0 amide bonds. The second-order valence-corrected chi connectivity index (χ2v) is 6.13. The molecule has 1 aromatic rings. The van der Waals surface area contributed by atoms with Gasteiger partial charge < -0.3 is 0 Å². The number of thiol groups is 1. The molecule has 0 radical (unpaired) electrons. The summed E-state index contributed by atoms with van der Waals surface area (Å²) in [5, 5.41) is 0.507. The van der Waals surface area contributed by atoms with Crippen LogP contribution in [0.4, 0.5) is 0 Å². The first-order valence-electron chi connectivity index (χ1n) is 6.79. The van der Waals surface area contributed by atoms with Crippen molar-refractivity contribution in [3.05, 3.63) is 35.9 Å². The largest absolute Gasteiger partial charge is 0.176 e. The lowest BCUT2D eigenvalue weighted by molar-refractivity contribution is 0.346. The Bertz CT molecular complexity index is 305. The molecule has 17 heavy (non-hydrogen) atoms. The molecule has 0 aliphatic rings. The van der Waals surface area contributed by atoms with Crippen molar-refractivity contribution in [1.82, 2.24) is 0 Å². The van der Waals surface area contributed by atoms with Gasteiger partial charge in [0.2, 0.25) is 0 Å². The summed E-state index contributed by atoms with van der Waals surface area (Å²) < 4.78 is 0. The molecule has 0 heterocycles. The summed E-state index contributed by atoms with van der Waals surface area (Å²) in [6, 6.07) is 10.9. The molecule has 0 aromatic heterocycles. The topological polar surface area (TPSA) is 0 Å². The van der Waals surface area contributed by atoms with Crippen LogP contribution in [0.5, 0.6) is 0 Å². The zero-order chi connectivity index (χ0) is 12.8. The highest BCUT2D eigenvalue weighted by atomic mass is 32.1. The van der Waals surface area contributed by atoms with Crippen LogP contribution in [0.15, 0.2) is 30.3 Å². The van der Waals surface area contributed by atoms with Gasteiger partial charge in [-0.2, -0.15) is 12.6 Å².